The summed E-state index contributed by atoms with van der Waals surface area (Å²) in [7, 11) is -1.83. The molecule has 0 aromatic carbocycles. The molecule has 0 fully saturated rings. The van der Waals surface area contributed by atoms with Gasteiger partial charge in [-0.2, -0.15) is 0 Å². The fourth-order valence-corrected chi connectivity index (χ4v) is 1.82. The number of hydrogen-bond acceptors (Lipinski definition) is 5. The number of hydrogen-bond donors (Lipinski definition) is 1. The Bertz CT molecular complexity index is 554. The summed E-state index contributed by atoms with van der Waals surface area (Å²) in [6.45, 7) is 0.366. The molecule has 86 valence electrons. The van der Waals surface area contributed by atoms with E-state index in [-0.39, 0.29) is 17.0 Å². The zero-order chi connectivity index (χ0) is 11.9. The van der Waals surface area contributed by atoms with Gasteiger partial charge < -0.3 is 4.90 Å². The van der Waals surface area contributed by atoms with Gasteiger partial charge in [-0.25, -0.2) is 23.2 Å². The highest BCUT2D eigenvalue weighted by Gasteiger charge is 2.23. The molecule has 1 N–H and O–H groups in total. The Balaban J connectivity index is 2.48. The first-order valence-electron chi connectivity index (χ1n) is 4.46. The Morgan fingerprint density at radius 1 is 1.50 bits per heavy atom. The number of nitrogens with one attached hydrogen (secondary N) is 1. The van der Waals surface area contributed by atoms with Crippen LogP contribution in [0.3, 0.4) is 0 Å². The number of rotatable bonds is 1. The van der Waals surface area contributed by atoms with Gasteiger partial charge in [-0.3, -0.25) is 5.32 Å². The van der Waals surface area contributed by atoms with Crippen LogP contribution in [0.25, 0.3) is 0 Å². The van der Waals surface area contributed by atoms with Crippen molar-refractivity contribution in [2.24, 2.45) is 0 Å². The summed E-state index contributed by atoms with van der Waals surface area (Å²) in [4.78, 5) is 20.3. The SMILES string of the molecule is CN1Cc2cnc(S(C)(=O)=O)nc2NC1=O. The lowest BCUT2D eigenvalue weighted by atomic mass is 10.2. The van der Waals surface area contributed by atoms with Crippen LogP contribution in [0.4, 0.5) is 10.6 Å². The third kappa shape index (κ3) is 1.83. The van der Waals surface area contributed by atoms with Crippen molar-refractivity contribution in [3.63, 3.8) is 0 Å². The molecule has 0 unspecified atom stereocenters. The van der Waals surface area contributed by atoms with E-state index in [0.717, 1.165) is 6.26 Å². The number of carbonyl (C=O) groups excluding carboxylic acids is 1. The number of anilines is 1. The van der Waals surface area contributed by atoms with E-state index in [2.05, 4.69) is 15.3 Å². The minimum Gasteiger partial charge on any atom is -0.323 e. The maximum absolute atomic E-state index is 11.3. The molecule has 2 heterocycles. The van der Waals surface area contributed by atoms with Crippen LogP contribution in [-0.2, 0) is 16.4 Å². The number of urea groups is 1. The maximum atomic E-state index is 11.3. The average Bonchev–Trinajstić information content (AvgIpc) is 2.17. The number of carbonyl (C=O) groups is 1. The fraction of sp³-hybridized carbons (Fsp3) is 0.375. The number of nitrogens with zero attached hydrogens (tertiary/aromatic N) is 3. The summed E-state index contributed by atoms with van der Waals surface area (Å²) in [6, 6.07) is -0.314. The van der Waals surface area contributed by atoms with Crippen LogP contribution in [0.5, 0.6) is 0 Å². The molecule has 8 heteroatoms. The van der Waals surface area contributed by atoms with Gasteiger partial charge in [0, 0.05) is 25.1 Å². The van der Waals surface area contributed by atoms with Crippen LogP contribution in [-0.4, -0.2) is 42.6 Å². The summed E-state index contributed by atoms with van der Waals surface area (Å²) in [5.41, 5.74) is 0.689. The van der Waals surface area contributed by atoms with E-state index < -0.39 is 9.84 Å². The standard InChI is InChI=1S/C8H10N4O3S/c1-12-4-5-3-9-7(16(2,14)15)10-6(5)11-8(12)13/h3H,4H2,1-2H3,(H,9,10,11,13). The first-order chi connectivity index (χ1) is 7.38. The molecule has 1 aliphatic rings. The highest BCUT2D eigenvalue weighted by atomic mass is 32.2. The molecule has 0 aliphatic carbocycles. The molecule has 1 aliphatic heterocycles. The number of amides is 2. The van der Waals surface area contributed by atoms with E-state index in [1.54, 1.807) is 7.05 Å². The van der Waals surface area contributed by atoms with Crippen molar-refractivity contribution in [2.45, 2.75) is 11.7 Å². The number of sulfone groups is 1. The lowest BCUT2D eigenvalue weighted by Crippen LogP contribution is -2.36. The van der Waals surface area contributed by atoms with Gasteiger partial charge in [0.25, 0.3) is 0 Å². The second kappa shape index (κ2) is 3.41. The van der Waals surface area contributed by atoms with Gasteiger partial charge in [-0.1, -0.05) is 0 Å². The van der Waals surface area contributed by atoms with Crippen molar-refractivity contribution in [1.29, 1.82) is 0 Å². The molecule has 2 rings (SSSR count). The topological polar surface area (TPSA) is 92.3 Å². The van der Waals surface area contributed by atoms with Crippen LogP contribution in [0.15, 0.2) is 11.4 Å². The third-order valence-corrected chi connectivity index (χ3v) is 3.01. The average molecular weight is 242 g/mol. The van der Waals surface area contributed by atoms with Crippen LogP contribution in [0.2, 0.25) is 0 Å². The van der Waals surface area contributed by atoms with E-state index in [4.69, 9.17) is 0 Å². The summed E-state index contributed by atoms with van der Waals surface area (Å²) < 4.78 is 22.4. The van der Waals surface area contributed by atoms with E-state index in [1.165, 1.54) is 11.1 Å². The second-order valence-electron chi connectivity index (χ2n) is 3.58. The van der Waals surface area contributed by atoms with Crippen molar-refractivity contribution >= 4 is 21.7 Å². The zero-order valence-electron chi connectivity index (χ0n) is 8.76. The molecular weight excluding hydrogens is 232 g/mol. The molecule has 0 atom stereocenters. The molecule has 0 bridgehead atoms. The summed E-state index contributed by atoms with van der Waals surface area (Å²) in [5.74, 6) is 0.263. The zero-order valence-corrected chi connectivity index (χ0v) is 9.58. The summed E-state index contributed by atoms with van der Waals surface area (Å²) in [6.07, 6.45) is 2.43. The molecule has 0 saturated carbocycles. The molecule has 0 saturated heterocycles. The molecule has 2 amide bonds. The van der Waals surface area contributed by atoms with Crippen LogP contribution in [0, 0.1) is 0 Å². The minimum atomic E-state index is -3.45. The van der Waals surface area contributed by atoms with Gasteiger partial charge in [0.05, 0.1) is 6.54 Å². The van der Waals surface area contributed by atoms with Gasteiger partial charge in [0.2, 0.25) is 15.0 Å². The highest BCUT2D eigenvalue weighted by Crippen LogP contribution is 2.20. The first kappa shape index (κ1) is 10.8. The molecule has 1 aromatic heterocycles. The number of aromatic nitrogens is 2. The van der Waals surface area contributed by atoms with Gasteiger partial charge in [0.1, 0.15) is 5.82 Å². The van der Waals surface area contributed by atoms with Gasteiger partial charge in [-0.05, 0) is 0 Å². The van der Waals surface area contributed by atoms with Gasteiger partial charge in [-0.15, -0.1) is 0 Å². The second-order valence-corrected chi connectivity index (χ2v) is 5.49. The summed E-state index contributed by atoms with van der Waals surface area (Å²) >= 11 is 0. The largest absolute Gasteiger partial charge is 0.323 e. The van der Waals surface area contributed by atoms with E-state index >= 15 is 0 Å². The Hall–Kier alpha value is -1.70. The Morgan fingerprint density at radius 2 is 2.19 bits per heavy atom. The molecular formula is C8H10N4O3S. The van der Waals surface area contributed by atoms with E-state index in [9.17, 15) is 13.2 Å². The Labute approximate surface area is 92.4 Å². The lowest BCUT2D eigenvalue weighted by Gasteiger charge is -2.24. The predicted molar refractivity (Wildman–Crippen MR) is 55.6 cm³/mol. The van der Waals surface area contributed by atoms with E-state index in [0.29, 0.717) is 12.1 Å². The highest BCUT2D eigenvalue weighted by molar-refractivity contribution is 7.90. The van der Waals surface area contributed by atoms with Crippen LogP contribution >= 0.6 is 0 Å². The Kier molecular flexibility index (Phi) is 2.30. The van der Waals surface area contributed by atoms with Gasteiger partial charge >= 0.3 is 6.03 Å². The molecule has 0 radical (unpaired) electrons. The minimum absolute atomic E-state index is 0.263. The molecule has 0 spiro atoms. The van der Waals surface area contributed by atoms with Crippen LogP contribution < -0.4 is 5.32 Å². The van der Waals surface area contributed by atoms with Crippen LogP contribution in [0.1, 0.15) is 5.56 Å². The normalized spacial score (nSPS) is 15.6. The van der Waals surface area contributed by atoms with Crippen molar-refractivity contribution in [3.8, 4) is 0 Å². The van der Waals surface area contributed by atoms with E-state index in [1.807, 2.05) is 0 Å². The smallest absolute Gasteiger partial charge is 0.323 e. The predicted octanol–water partition coefficient (Wildman–Crippen LogP) is -0.143. The quantitative estimate of drug-likeness (QED) is 0.692. The molecule has 16 heavy (non-hydrogen) atoms. The number of fused-ring (bicyclic) bond motifs is 1. The fourth-order valence-electron chi connectivity index (χ4n) is 1.32. The van der Waals surface area contributed by atoms with Crippen molar-refractivity contribution in [3.05, 3.63) is 11.8 Å². The monoisotopic (exact) mass is 242 g/mol. The Morgan fingerprint density at radius 3 is 2.81 bits per heavy atom. The maximum Gasteiger partial charge on any atom is 0.323 e. The third-order valence-electron chi connectivity index (χ3n) is 2.15. The van der Waals surface area contributed by atoms with Crippen molar-refractivity contribution in [1.82, 2.24) is 14.9 Å². The first-order valence-corrected chi connectivity index (χ1v) is 6.35. The molecule has 7 nitrogen and oxygen atoms in total. The van der Waals surface area contributed by atoms with Crippen molar-refractivity contribution < 1.29 is 13.2 Å². The lowest BCUT2D eigenvalue weighted by molar-refractivity contribution is 0.218. The van der Waals surface area contributed by atoms with Gasteiger partial charge in [0.15, 0.2) is 0 Å². The van der Waals surface area contributed by atoms with Crippen molar-refractivity contribution in [2.75, 3.05) is 18.6 Å². The summed E-state index contributed by atoms with van der Waals surface area (Å²) in [5, 5.41) is 2.21. The molecule has 1 aromatic rings.